The maximum Gasteiger partial charge on any atom is 0.258 e. The van der Waals surface area contributed by atoms with Crippen LogP contribution >= 0.6 is 11.6 Å². The zero-order valence-electron chi connectivity index (χ0n) is 16.8. The van der Waals surface area contributed by atoms with E-state index in [1.165, 1.54) is 5.56 Å². The molecule has 1 N–H and O–H groups in total. The van der Waals surface area contributed by atoms with Gasteiger partial charge in [0.05, 0.1) is 0 Å². The Balaban J connectivity index is 1.83. The van der Waals surface area contributed by atoms with E-state index in [1.807, 2.05) is 17.0 Å². The van der Waals surface area contributed by atoms with Crippen LogP contribution < -0.4 is 10.1 Å². The van der Waals surface area contributed by atoms with E-state index in [4.69, 9.17) is 16.3 Å². The largest absolute Gasteiger partial charge is 0.483 e. The Morgan fingerprint density at radius 1 is 1.26 bits per heavy atom. The topological polar surface area (TPSA) is 58.6 Å². The molecule has 1 aromatic carbocycles. The van der Waals surface area contributed by atoms with Crippen LogP contribution in [0, 0.1) is 6.92 Å². The third-order valence-corrected chi connectivity index (χ3v) is 5.01. The number of hydrogen-bond donors (Lipinski definition) is 1. The molecular formula is C21H31ClN2O3. The summed E-state index contributed by atoms with van der Waals surface area (Å²) in [6.07, 6.45) is 1.90. The van der Waals surface area contributed by atoms with Gasteiger partial charge in [0.25, 0.3) is 5.91 Å². The lowest BCUT2D eigenvalue weighted by molar-refractivity contribution is -0.132. The fraction of sp³-hybridized carbons (Fsp3) is 0.619. The number of alkyl halides is 1. The molecule has 150 valence electrons. The van der Waals surface area contributed by atoms with Crippen molar-refractivity contribution in [2.45, 2.75) is 58.4 Å². The quantitative estimate of drug-likeness (QED) is 0.752. The maximum atomic E-state index is 12.3. The number of rotatable bonds is 6. The summed E-state index contributed by atoms with van der Waals surface area (Å²) in [6.45, 7) is 9.77. The molecule has 5 nitrogen and oxygen atoms in total. The average Bonchev–Trinajstić information content (AvgIpc) is 2.60. The normalized spacial score (nSPS) is 15.5. The van der Waals surface area contributed by atoms with Gasteiger partial charge in [0.15, 0.2) is 6.61 Å². The first-order valence-corrected chi connectivity index (χ1v) is 10.1. The summed E-state index contributed by atoms with van der Waals surface area (Å²) >= 11 is 5.63. The van der Waals surface area contributed by atoms with Crippen molar-refractivity contribution in [3.63, 3.8) is 0 Å². The zero-order valence-corrected chi connectivity index (χ0v) is 17.6. The number of hydrogen-bond acceptors (Lipinski definition) is 3. The second-order valence-electron chi connectivity index (χ2n) is 8.20. The summed E-state index contributed by atoms with van der Waals surface area (Å²) in [5.41, 5.74) is 2.22. The molecule has 0 saturated carbocycles. The van der Waals surface area contributed by atoms with Crippen LogP contribution in [-0.2, 0) is 15.0 Å². The predicted octanol–water partition coefficient (Wildman–Crippen LogP) is 3.41. The highest BCUT2D eigenvalue weighted by atomic mass is 35.5. The Morgan fingerprint density at radius 3 is 2.52 bits per heavy atom. The summed E-state index contributed by atoms with van der Waals surface area (Å²) in [6, 6.07) is 6.13. The van der Waals surface area contributed by atoms with E-state index in [-0.39, 0.29) is 29.9 Å². The van der Waals surface area contributed by atoms with Crippen molar-refractivity contribution in [3.8, 4) is 5.75 Å². The molecule has 1 heterocycles. The number of amides is 2. The van der Waals surface area contributed by atoms with Gasteiger partial charge in [-0.2, -0.15) is 0 Å². The van der Waals surface area contributed by atoms with Crippen molar-refractivity contribution in [2.24, 2.45) is 0 Å². The van der Waals surface area contributed by atoms with E-state index in [0.29, 0.717) is 25.4 Å². The molecule has 1 saturated heterocycles. The van der Waals surface area contributed by atoms with Crippen LogP contribution in [0.2, 0.25) is 0 Å². The first-order valence-electron chi connectivity index (χ1n) is 9.57. The van der Waals surface area contributed by atoms with Gasteiger partial charge in [0, 0.05) is 31.4 Å². The Bertz CT molecular complexity index is 662. The summed E-state index contributed by atoms with van der Waals surface area (Å²) < 4.78 is 5.82. The second kappa shape index (κ2) is 9.45. The van der Waals surface area contributed by atoms with Crippen molar-refractivity contribution in [3.05, 3.63) is 29.3 Å². The molecule has 1 aromatic rings. The molecule has 6 heteroatoms. The van der Waals surface area contributed by atoms with Crippen LogP contribution in [0.5, 0.6) is 5.75 Å². The smallest absolute Gasteiger partial charge is 0.258 e. The van der Waals surface area contributed by atoms with Gasteiger partial charge in [0.1, 0.15) is 5.75 Å². The number of benzene rings is 1. The van der Waals surface area contributed by atoms with Crippen molar-refractivity contribution < 1.29 is 14.3 Å². The molecule has 0 spiro atoms. The second-order valence-corrected chi connectivity index (χ2v) is 8.58. The number of likely N-dealkylation sites (tertiary alicyclic amines) is 1. The van der Waals surface area contributed by atoms with Gasteiger partial charge in [-0.05, 0) is 36.8 Å². The molecule has 2 rings (SSSR count). The van der Waals surface area contributed by atoms with Crippen LogP contribution in [0.25, 0.3) is 0 Å². The van der Waals surface area contributed by atoms with E-state index < -0.39 is 0 Å². The van der Waals surface area contributed by atoms with E-state index in [9.17, 15) is 9.59 Å². The van der Waals surface area contributed by atoms with Crippen LogP contribution in [0.15, 0.2) is 18.2 Å². The number of piperidine rings is 1. The van der Waals surface area contributed by atoms with E-state index >= 15 is 0 Å². The summed E-state index contributed by atoms with van der Waals surface area (Å²) in [4.78, 5) is 26.0. The lowest BCUT2D eigenvalue weighted by Gasteiger charge is -2.32. The molecular weight excluding hydrogens is 364 g/mol. The van der Waals surface area contributed by atoms with Crippen molar-refractivity contribution in [1.29, 1.82) is 0 Å². The van der Waals surface area contributed by atoms with E-state index in [0.717, 1.165) is 24.2 Å². The lowest BCUT2D eigenvalue weighted by atomic mass is 9.85. The molecule has 1 fully saturated rings. The van der Waals surface area contributed by atoms with E-state index in [1.54, 1.807) is 0 Å². The monoisotopic (exact) mass is 394 g/mol. The predicted molar refractivity (Wildman–Crippen MR) is 108 cm³/mol. The lowest BCUT2D eigenvalue weighted by Crippen LogP contribution is -2.47. The molecule has 0 unspecified atom stereocenters. The van der Waals surface area contributed by atoms with Gasteiger partial charge in [-0.15, -0.1) is 11.6 Å². The van der Waals surface area contributed by atoms with Crippen LogP contribution in [0.3, 0.4) is 0 Å². The minimum absolute atomic E-state index is 0.00245. The number of aryl methyl sites for hydroxylation is 1. The molecule has 0 bridgehead atoms. The SMILES string of the molecule is Cc1ccc(OCC(=O)NC2CCN(C(=O)CCCl)CC2)c(C(C)(C)C)c1. The van der Waals surface area contributed by atoms with E-state index in [2.05, 4.69) is 39.1 Å². The highest BCUT2D eigenvalue weighted by molar-refractivity contribution is 6.18. The highest BCUT2D eigenvalue weighted by Crippen LogP contribution is 2.32. The molecule has 1 aliphatic rings. The summed E-state index contributed by atoms with van der Waals surface area (Å²) in [5.74, 6) is 1.07. The summed E-state index contributed by atoms with van der Waals surface area (Å²) in [5, 5.41) is 3.02. The van der Waals surface area contributed by atoms with Crippen LogP contribution in [-0.4, -0.2) is 48.3 Å². The average molecular weight is 395 g/mol. The Labute approximate surface area is 167 Å². The molecule has 1 aliphatic heterocycles. The van der Waals surface area contributed by atoms with Gasteiger partial charge in [0.2, 0.25) is 5.91 Å². The Morgan fingerprint density at radius 2 is 1.93 bits per heavy atom. The van der Waals surface area contributed by atoms with Gasteiger partial charge in [-0.25, -0.2) is 0 Å². The first kappa shape index (κ1) is 21.5. The van der Waals surface area contributed by atoms with Crippen LogP contribution in [0.4, 0.5) is 0 Å². The molecule has 0 radical (unpaired) electrons. The number of carbonyl (C=O) groups is 2. The number of halogens is 1. The number of nitrogens with zero attached hydrogens (tertiary/aromatic N) is 1. The molecule has 27 heavy (non-hydrogen) atoms. The standard InChI is InChI=1S/C21H31ClN2O3/c1-15-5-6-18(17(13-15)21(2,3)4)27-14-19(25)23-16-8-11-24(12-9-16)20(26)7-10-22/h5-6,13,16H,7-12,14H2,1-4H3,(H,23,25). The fourth-order valence-electron chi connectivity index (χ4n) is 3.28. The Kier molecular flexibility index (Phi) is 7.54. The molecule has 0 aromatic heterocycles. The van der Waals surface area contributed by atoms with Crippen molar-refractivity contribution in [1.82, 2.24) is 10.2 Å². The number of carbonyl (C=O) groups excluding carboxylic acids is 2. The first-order chi connectivity index (χ1) is 12.7. The Hall–Kier alpha value is -1.75. The fourth-order valence-corrected chi connectivity index (χ4v) is 3.44. The van der Waals surface area contributed by atoms with Gasteiger partial charge in [-0.1, -0.05) is 38.5 Å². The maximum absolute atomic E-state index is 12.3. The molecule has 2 amide bonds. The van der Waals surface area contributed by atoms with Crippen LogP contribution in [0.1, 0.15) is 51.2 Å². The van der Waals surface area contributed by atoms with Crippen molar-refractivity contribution in [2.75, 3.05) is 25.6 Å². The van der Waals surface area contributed by atoms with Gasteiger partial charge in [-0.3, -0.25) is 9.59 Å². The van der Waals surface area contributed by atoms with Gasteiger partial charge >= 0.3 is 0 Å². The number of ether oxygens (including phenoxy) is 1. The number of nitrogens with one attached hydrogen (secondary N) is 1. The summed E-state index contributed by atoms with van der Waals surface area (Å²) in [7, 11) is 0. The molecule has 0 atom stereocenters. The van der Waals surface area contributed by atoms with Gasteiger partial charge < -0.3 is 15.0 Å². The highest BCUT2D eigenvalue weighted by Gasteiger charge is 2.24. The minimum Gasteiger partial charge on any atom is -0.483 e. The third-order valence-electron chi connectivity index (χ3n) is 4.82. The minimum atomic E-state index is -0.124. The zero-order chi connectivity index (χ0) is 20.0. The molecule has 0 aliphatic carbocycles. The van der Waals surface area contributed by atoms with Crippen molar-refractivity contribution >= 4 is 23.4 Å². The third kappa shape index (κ3) is 6.42.